The van der Waals surface area contributed by atoms with Gasteiger partial charge in [0.15, 0.2) is 6.10 Å². The SMILES string of the molecule is COc1ccc(Br)c(C(OCC2CO2)C(F)(F)F)c1. The van der Waals surface area contributed by atoms with Crippen LogP contribution in [0.3, 0.4) is 0 Å². The first-order valence-corrected chi connectivity index (χ1v) is 6.34. The van der Waals surface area contributed by atoms with Crippen LogP contribution in [-0.4, -0.2) is 32.6 Å². The van der Waals surface area contributed by atoms with Crippen LogP contribution >= 0.6 is 15.9 Å². The highest BCUT2D eigenvalue weighted by Crippen LogP contribution is 2.40. The van der Waals surface area contributed by atoms with Crippen molar-refractivity contribution in [2.45, 2.75) is 18.4 Å². The first-order chi connectivity index (χ1) is 8.91. The van der Waals surface area contributed by atoms with E-state index in [1.54, 1.807) is 6.07 Å². The molecule has 1 fully saturated rings. The summed E-state index contributed by atoms with van der Waals surface area (Å²) in [6.07, 6.45) is -6.72. The quantitative estimate of drug-likeness (QED) is 0.769. The highest BCUT2D eigenvalue weighted by Gasteiger charge is 2.44. The number of rotatable bonds is 5. The van der Waals surface area contributed by atoms with Crippen LogP contribution in [0.15, 0.2) is 22.7 Å². The Kier molecular flexibility index (Phi) is 4.37. The Balaban J connectivity index is 2.24. The second-order valence-corrected chi connectivity index (χ2v) is 4.95. The highest BCUT2D eigenvalue weighted by atomic mass is 79.9. The lowest BCUT2D eigenvalue weighted by Crippen LogP contribution is -2.25. The fourth-order valence-corrected chi connectivity index (χ4v) is 2.03. The van der Waals surface area contributed by atoms with E-state index in [4.69, 9.17) is 14.2 Å². The van der Waals surface area contributed by atoms with Crippen molar-refractivity contribution in [3.8, 4) is 5.75 Å². The summed E-state index contributed by atoms with van der Waals surface area (Å²) in [6, 6.07) is 4.39. The lowest BCUT2D eigenvalue weighted by Gasteiger charge is -2.22. The molecule has 2 unspecified atom stereocenters. The van der Waals surface area contributed by atoms with Gasteiger partial charge in [0.25, 0.3) is 0 Å². The van der Waals surface area contributed by atoms with Crippen LogP contribution in [-0.2, 0) is 9.47 Å². The Morgan fingerprint density at radius 2 is 2.16 bits per heavy atom. The molecule has 0 bridgehead atoms. The molecular weight excluding hydrogens is 329 g/mol. The lowest BCUT2D eigenvalue weighted by molar-refractivity contribution is -0.225. The fraction of sp³-hybridized carbons (Fsp3) is 0.500. The van der Waals surface area contributed by atoms with Gasteiger partial charge in [0.2, 0.25) is 0 Å². The standard InChI is InChI=1S/C12H12BrF3O3/c1-17-7-2-3-10(13)9(4-7)11(12(14,15)16)19-6-8-5-18-8/h2-4,8,11H,5-6H2,1H3. The van der Waals surface area contributed by atoms with E-state index < -0.39 is 12.3 Å². The summed E-state index contributed by atoms with van der Waals surface area (Å²) in [6.45, 7) is 0.373. The number of epoxide rings is 1. The maximum atomic E-state index is 13.1. The fourth-order valence-electron chi connectivity index (χ4n) is 1.58. The van der Waals surface area contributed by atoms with Gasteiger partial charge < -0.3 is 14.2 Å². The molecular formula is C12H12BrF3O3. The van der Waals surface area contributed by atoms with Crippen molar-refractivity contribution < 1.29 is 27.4 Å². The Labute approximate surface area is 116 Å². The van der Waals surface area contributed by atoms with E-state index in [1.165, 1.54) is 19.2 Å². The summed E-state index contributed by atoms with van der Waals surface area (Å²) in [7, 11) is 1.40. The summed E-state index contributed by atoms with van der Waals surface area (Å²) in [5, 5.41) is 0. The summed E-state index contributed by atoms with van der Waals surface area (Å²) in [4.78, 5) is 0. The van der Waals surface area contributed by atoms with Gasteiger partial charge in [-0.25, -0.2) is 0 Å². The number of benzene rings is 1. The molecule has 0 amide bonds. The molecule has 1 heterocycles. The maximum Gasteiger partial charge on any atom is 0.418 e. The molecule has 19 heavy (non-hydrogen) atoms. The number of halogens is 4. The van der Waals surface area contributed by atoms with Gasteiger partial charge in [0.1, 0.15) is 11.9 Å². The van der Waals surface area contributed by atoms with Gasteiger partial charge in [-0.2, -0.15) is 13.2 Å². The third kappa shape index (κ3) is 3.84. The van der Waals surface area contributed by atoms with Crippen LogP contribution in [0, 0.1) is 0 Å². The normalized spacial score (nSPS) is 20.2. The minimum Gasteiger partial charge on any atom is -0.497 e. The molecule has 0 saturated carbocycles. The van der Waals surface area contributed by atoms with Gasteiger partial charge in [-0.1, -0.05) is 15.9 Å². The zero-order valence-electron chi connectivity index (χ0n) is 10.0. The van der Waals surface area contributed by atoms with E-state index in [9.17, 15) is 13.2 Å². The van der Waals surface area contributed by atoms with Gasteiger partial charge in [-0.3, -0.25) is 0 Å². The van der Waals surface area contributed by atoms with Crippen molar-refractivity contribution in [3.63, 3.8) is 0 Å². The van der Waals surface area contributed by atoms with Crippen molar-refractivity contribution >= 4 is 15.9 Å². The topological polar surface area (TPSA) is 31.0 Å². The summed E-state index contributed by atoms with van der Waals surface area (Å²) in [5.74, 6) is 0.346. The van der Waals surface area contributed by atoms with Crippen LogP contribution in [0.2, 0.25) is 0 Å². The van der Waals surface area contributed by atoms with Crippen LogP contribution in [0.1, 0.15) is 11.7 Å². The zero-order chi connectivity index (χ0) is 14.0. The van der Waals surface area contributed by atoms with E-state index in [0.29, 0.717) is 16.8 Å². The molecule has 1 saturated heterocycles. The largest absolute Gasteiger partial charge is 0.497 e. The Hall–Kier alpha value is -0.790. The molecule has 1 aliphatic rings. The number of alkyl halides is 3. The monoisotopic (exact) mass is 340 g/mol. The highest BCUT2D eigenvalue weighted by molar-refractivity contribution is 9.10. The first-order valence-electron chi connectivity index (χ1n) is 5.55. The minimum absolute atomic E-state index is 0.00694. The van der Waals surface area contributed by atoms with E-state index >= 15 is 0 Å². The van der Waals surface area contributed by atoms with E-state index in [-0.39, 0.29) is 18.3 Å². The van der Waals surface area contributed by atoms with Crippen LogP contribution in [0.4, 0.5) is 13.2 Å². The summed E-state index contributed by atoms with van der Waals surface area (Å²) >= 11 is 3.11. The molecule has 0 aliphatic carbocycles. The smallest absolute Gasteiger partial charge is 0.418 e. The summed E-state index contributed by atoms with van der Waals surface area (Å²) < 4.78 is 54.3. The van der Waals surface area contributed by atoms with Gasteiger partial charge >= 0.3 is 6.18 Å². The van der Waals surface area contributed by atoms with Gasteiger partial charge in [-0.15, -0.1) is 0 Å². The summed E-state index contributed by atoms with van der Waals surface area (Å²) in [5.41, 5.74) is -0.00694. The molecule has 0 aromatic heterocycles. The number of ether oxygens (including phenoxy) is 3. The maximum absolute atomic E-state index is 13.1. The van der Waals surface area contributed by atoms with E-state index in [2.05, 4.69) is 15.9 Å². The zero-order valence-corrected chi connectivity index (χ0v) is 11.6. The predicted molar refractivity (Wildman–Crippen MR) is 65.2 cm³/mol. The third-order valence-electron chi connectivity index (χ3n) is 2.63. The van der Waals surface area contributed by atoms with Crippen LogP contribution < -0.4 is 4.74 Å². The molecule has 1 aromatic rings. The van der Waals surface area contributed by atoms with Crippen LogP contribution in [0.25, 0.3) is 0 Å². The Morgan fingerprint density at radius 3 is 2.68 bits per heavy atom. The Morgan fingerprint density at radius 1 is 1.47 bits per heavy atom. The molecule has 106 valence electrons. The van der Waals surface area contributed by atoms with Crippen molar-refractivity contribution in [1.29, 1.82) is 0 Å². The molecule has 2 atom stereocenters. The predicted octanol–water partition coefficient (Wildman–Crippen LogP) is 3.48. The molecule has 0 radical (unpaired) electrons. The van der Waals surface area contributed by atoms with Gasteiger partial charge in [0.05, 0.1) is 20.3 Å². The molecule has 3 nitrogen and oxygen atoms in total. The number of methoxy groups -OCH3 is 1. The van der Waals surface area contributed by atoms with E-state index in [0.717, 1.165) is 0 Å². The van der Waals surface area contributed by atoms with Crippen molar-refractivity contribution in [3.05, 3.63) is 28.2 Å². The second kappa shape index (κ2) is 5.68. The minimum atomic E-state index is -4.50. The van der Waals surface area contributed by atoms with Crippen LogP contribution in [0.5, 0.6) is 5.75 Å². The number of hydrogen-bond donors (Lipinski definition) is 0. The third-order valence-corrected chi connectivity index (χ3v) is 3.36. The van der Waals surface area contributed by atoms with Crippen molar-refractivity contribution in [2.24, 2.45) is 0 Å². The molecule has 1 aliphatic heterocycles. The average molecular weight is 341 g/mol. The van der Waals surface area contributed by atoms with Crippen molar-refractivity contribution in [2.75, 3.05) is 20.3 Å². The second-order valence-electron chi connectivity index (χ2n) is 4.10. The van der Waals surface area contributed by atoms with E-state index in [1.807, 2.05) is 0 Å². The molecule has 2 rings (SSSR count). The number of hydrogen-bond acceptors (Lipinski definition) is 3. The molecule has 0 spiro atoms. The average Bonchev–Trinajstić information content (AvgIpc) is 3.14. The Bertz CT molecular complexity index is 446. The molecule has 0 N–H and O–H groups in total. The first kappa shape index (κ1) is 14.6. The van der Waals surface area contributed by atoms with Gasteiger partial charge in [-0.05, 0) is 18.2 Å². The lowest BCUT2D eigenvalue weighted by atomic mass is 10.1. The van der Waals surface area contributed by atoms with Gasteiger partial charge in [0, 0.05) is 10.0 Å². The molecule has 1 aromatic carbocycles. The molecule has 7 heteroatoms. The van der Waals surface area contributed by atoms with Crippen molar-refractivity contribution in [1.82, 2.24) is 0 Å².